The second kappa shape index (κ2) is 4.42. The highest BCUT2D eigenvalue weighted by Gasteiger charge is 2.19. The largest absolute Gasteiger partial charge is 0.329 e. The molecule has 0 bridgehead atoms. The van der Waals surface area contributed by atoms with E-state index in [1.807, 2.05) is 43.8 Å². The van der Waals surface area contributed by atoms with Gasteiger partial charge < -0.3 is 4.98 Å². The minimum atomic E-state index is -3.37. The average Bonchev–Trinajstić information content (AvgIpc) is 2.92. The number of para-hydroxylation sites is 1. The number of H-pyrrole nitrogens is 1. The molecule has 0 fully saturated rings. The van der Waals surface area contributed by atoms with Crippen molar-refractivity contribution in [2.24, 2.45) is 7.05 Å². The number of imidazole rings is 1. The van der Waals surface area contributed by atoms with Crippen LogP contribution in [0.2, 0.25) is 0 Å². The summed E-state index contributed by atoms with van der Waals surface area (Å²) in [5.74, 6) is 0. The van der Waals surface area contributed by atoms with E-state index in [9.17, 15) is 8.42 Å². The van der Waals surface area contributed by atoms with Crippen LogP contribution in [0.5, 0.6) is 0 Å². The first-order valence-electron chi connectivity index (χ1n) is 6.48. The zero-order chi connectivity index (χ0) is 15.4. The molecule has 0 atom stereocenters. The standard InChI is InChI=1S/C14H16N4O2S/c1-8-12(9(2)18(3)17-8)10-6-5-7-11-13(10)16-14(15-11)21(4,19)20/h5-7H,1-4H3,(H,15,16). The van der Waals surface area contributed by atoms with Gasteiger partial charge in [0.25, 0.3) is 0 Å². The third-order valence-electron chi connectivity index (χ3n) is 3.62. The van der Waals surface area contributed by atoms with Crippen molar-refractivity contribution in [1.29, 1.82) is 0 Å². The topological polar surface area (TPSA) is 80.6 Å². The molecule has 6 nitrogen and oxygen atoms in total. The lowest BCUT2D eigenvalue weighted by Crippen LogP contribution is -1.98. The smallest absolute Gasteiger partial charge is 0.225 e. The lowest BCUT2D eigenvalue weighted by molar-refractivity contribution is 0.595. The number of aryl methyl sites for hydroxylation is 2. The molecule has 0 saturated carbocycles. The summed E-state index contributed by atoms with van der Waals surface area (Å²) in [6.07, 6.45) is 1.14. The number of sulfone groups is 1. The lowest BCUT2D eigenvalue weighted by Gasteiger charge is -2.03. The van der Waals surface area contributed by atoms with Gasteiger partial charge in [-0.2, -0.15) is 5.10 Å². The normalized spacial score (nSPS) is 12.2. The van der Waals surface area contributed by atoms with Crippen molar-refractivity contribution >= 4 is 20.9 Å². The maximum absolute atomic E-state index is 11.7. The summed E-state index contributed by atoms with van der Waals surface area (Å²) in [5.41, 5.74) is 5.15. The molecule has 3 aromatic rings. The molecule has 0 saturated heterocycles. The Balaban J connectivity index is 2.36. The van der Waals surface area contributed by atoms with E-state index in [4.69, 9.17) is 0 Å². The molecular weight excluding hydrogens is 288 g/mol. The summed E-state index contributed by atoms with van der Waals surface area (Å²) in [7, 11) is -1.48. The van der Waals surface area contributed by atoms with Gasteiger partial charge in [0.2, 0.25) is 15.0 Å². The Labute approximate surface area is 122 Å². The fraction of sp³-hybridized carbons (Fsp3) is 0.286. The number of rotatable bonds is 2. The maximum Gasteiger partial charge on any atom is 0.225 e. The summed E-state index contributed by atoms with van der Waals surface area (Å²) in [4.78, 5) is 7.14. The fourth-order valence-corrected chi connectivity index (χ4v) is 3.10. The molecule has 2 aromatic heterocycles. The Bertz CT molecular complexity index is 951. The number of nitrogens with zero attached hydrogens (tertiary/aromatic N) is 3. The Morgan fingerprint density at radius 3 is 2.52 bits per heavy atom. The first-order valence-corrected chi connectivity index (χ1v) is 8.37. The second-order valence-electron chi connectivity index (χ2n) is 5.19. The molecule has 1 aromatic carbocycles. The molecule has 0 amide bonds. The molecular formula is C14H16N4O2S. The van der Waals surface area contributed by atoms with Crippen molar-refractivity contribution in [2.45, 2.75) is 19.0 Å². The van der Waals surface area contributed by atoms with Crippen molar-refractivity contribution in [3.8, 4) is 11.1 Å². The van der Waals surface area contributed by atoms with E-state index >= 15 is 0 Å². The quantitative estimate of drug-likeness (QED) is 0.785. The summed E-state index contributed by atoms with van der Waals surface area (Å²) >= 11 is 0. The zero-order valence-electron chi connectivity index (χ0n) is 12.3. The highest BCUT2D eigenvalue weighted by atomic mass is 32.2. The average molecular weight is 304 g/mol. The maximum atomic E-state index is 11.7. The monoisotopic (exact) mass is 304 g/mol. The predicted molar refractivity (Wildman–Crippen MR) is 80.9 cm³/mol. The van der Waals surface area contributed by atoms with Gasteiger partial charge in [0.05, 0.1) is 16.7 Å². The van der Waals surface area contributed by atoms with Crippen LogP contribution in [0.15, 0.2) is 23.4 Å². The van der Waals surface area contributed by atoms with Gasteiger partial charge in [-0.15, -0.1) is 0 Å². The number of nitrogens with one attached hydrogen (secondary N) is 1. The molecule has 0 aliphatic heterocycles. The van der Waals surface area contributed by atoms with Gasteiger partial charge >= 0.3 is 0 Å². The minimum absolute atomic E-state index is 0.0100. The summed E-state index contributed by atoms with van der Waals surface area (Å²) < 4.78 is 25.2. The van der Waals surface area contributed by atoms with Crippen LogP contribution in [-0.2, 0) is 16.9 Å². The van der Waals surface area contributed by atoms with Gasteiger partial charge in [0, 0.05) is 30.1 Å². The highest BCUT2D eigenvalue weighted by Crippen LogP contribution is 2.32. The first kappa shape index (κ1) is 13.8. The number of fused-ring (bicyclic) bond motifs is 1. The Hall–Kier alpha value is -2.15. The molecule has 0 aliphatic rings. The molecule has 0 unspecified atom stereocenters. The van der Waals surface area contributed by atoms with Crippen molar-refractivity contribution < 1.29 is 8.42 Å². The van der Waals surface area contributed by atoms with E-state index in [-0.39, 0.29) is 5.16 Å². The molecule has 0 radical (unpaired) electrons. The second-order valence-corrected chi connectivity index (χ2v) is 7.12. The van der Waals surface area contributed by atoms with E-state index in [2.05, 4.69) is 15.1 Å². The van der Waals surface area contributed by atoms with Gasteiger partial charge in [-0.1, -0.05) is 12.1 Å². The van der Waals surface area contributed by atoms with Crippen LogP contribution < -0.4 is 0 Å². The fourth-order valence-electron chi connectivity index (χ4n) is 2.55. The molecule has 7 heteroatoms. The molecule has 110 valence electrons. The third kappa shape index (κ3) is 2.13. The summed E-state index contributed by atoms with van der Waals surface area (Å²) in [6, 6.07) is 5.64. The highest BCUT2D eigenvalue weighted by molar-refractivity contribution is 7.90. The van der Waals surface area contributed by atoms with Gasteiger partial charge in [-0.05, 0) is 19.9 Å². The molecule has 3 rings (SSSR count). The van der Waals surface area contributed by atoms with Gasteiger partial charge in [-0.25, -0.2) is 13.4 Å². The van der Waals surface area contributed by atoms with Gasteiger partial charge in [0.15, 0.2) is 0 Å². The van der Waals surface area contributed by atoms with E-state index in [1.54, 1.807) is 0 Å². The zero-order valence-corrected chi connectivity index (χ0v) is 13.1. The van der Waals surface area contributed by atoms with Crippen LogP contribution in [0.4, 0.5) is 0 Å². The van der Waals surface area contributed by atoms with E-state index in [1.165, 1.54) is 0 Å². The number of aromatic amines is 1. The van der Waals surface area contributed by atoms with E-state index < -0.39 is 9.84 Å². The van der Waals surface area contributed by atoms with Crippen molar-refractivity contribution in [2.75, 3.05) is 6.26 Å². The van der Waals surface area contributed by atoms with Crippen molar-refractivity contribution in [3.05, 3.63) is 29.6 Å². The predicted octanol–water partition coefficient (Wildman–Crippen LogP) is 1.98. The Morgan fingerprint density at radius 2 is 1.95 bits per heavy atom. The summed E-state index contributed by atoms with van der Waals surface area (Å²) in [5, 5.41) is 4.40. The van der Waals surface area contributed by atoms with E-state index in [0.717, 1.165) is 28.8 Å². The van der Waals surface area contributed by atoms with E-state index in [0.29, 0.717) is 11.0 Å². The van der Waals surface area contributed by atoms with Crippen LogP contribution in [-0.4, -0.2) is 34.4 Å². The molecule has 0 spiro atoms. The molecule has 1 N–H and O–H groups in total. The number of aromatic nitrogens is 4. The van der Waals surface area contributed by atoms with Crippen LogP contribution in [0.25, 0.3) is 22.2 Å². The number of benzene rings is 1. The Kier molecular flexibility index (Phi) is 2.91. The van der Waals surface area contributed by atoms with Crippen molar-refractivity contribution in [1.82, 2.24) is 19.7 Å². The number of hydrogen-bond donors (Lipinski definition) is 1. The summed E-state index contributed by atoms with van der Waals surface area (Å²) in [6.45, 7) is 3.92. The molecule has 0 aliphatic carbocycles. The van der Waals surface area contributed by atoms with Crippen LogP contribution in [0.3, 0.4) is 0 Å². The van der Waals surface area contributed by atoms with Gasteiger partial charge in [0.1, 0.15) is 0 Å². The SMILES string of the molecule is Cc1nn(C)c(C)c1-c1cccc2[nH]c(S(C)(=O)=O)nc12. The molecule has 2 heterocycles. The van der Waals surface area contributed by atoms with Crippen LogP contribution in [0.1, 0.15) is 11.4 Å². The van der Waals surface area contributed by atoms with Crippen LogP contribution >= 0.6 is 0 Å². The Morgan fingerprint density at radius 1 is 1.24 bits per heavy atom. The van der Waals surface area contributed by atoms with Crippen LogP contribution in [0, 0.1) is 13.8 Å². The third-order valence-corrected chi connectivity index (χ3v) is 4.52. The number of hydrogen-bond acceptors (Lipinski definition) is 4. The molecule has 21 heavy (non-hydrogen) atoms. The minimum Gasteiger partial charge on any atom is -0.329 e. The van der Waals surface area contributed by atoms with Gasteiger partial charge in [-0.3, -0.25) is 4.68 Å². The lowest BCUT2D eigenvalue weighted by atomic mass is 10.0. The first-order chi connectivity index (χ1) is 9.79. The van der Waals surface area contributed by atoms with Crippen molar-refractivity contribution in [3.63, 3.8) is 0 Å².